The Balaban J connectivity index is 1.33. The molecule has 0 bridgehead atoms. The summed E-state index contributed by atoms with van der Waals surface area (Å²) in [6, 6.07) is 12.4. The summed E-state index contributed by atoms with van der Waals surface area (Å²) in [5.41, 5.74) is 2.69. The number of nitrogens with zero attached hydrogens (tertiary/aromatic N) is 2. The molecule has 1 aromatic carbocycles. The fourth-order valence-corrected chi connectivity index (χ4v) is 3.24. The molecule has 5 nitrogen and oxygen atoms in total. The van der Waals surface area contributed by atoms with Gasteiger partial charge in [-0.25, -0.2) is 0 Å². The maximum atomic E-state index is 10.2. The first-order chi connectivity index (χ1) is 12.2. The number of benzene rings is 1. The van der Waals surface area contributed by atoms with Crippen LogP contribution >= 0.6 is 0 Å². The molecule has 0 aliphatic carbocycles. The molecule has 1 aliphatic heterocycles. The number of piperazine rings is 1. The molecule has 1 N–H and O–H groups in total. The Labute approximate surface area is 149 Å². The van der Waals surface area contributed by atoms with Gasteiger partial charge in [0.15, 0.2) is 0 Å². The van der Waals surface area contributed by atoms with Crippen molar-refractivity contribution in [3.63, 3.8) is 0 Å². The van der Waals surface area contributed by atoms with Crippen molar-refractivity contribution in [2.45, 2.75) is 26.2 Å². The normalized spacial score (nSPS) is 17.7. The summed E-state index contributed by atoms with van der Waals surface area (Å²) in [5.74, 6) is 0.789. The number of rotatable bonds is 8. The number of furan rings is 1. The van der Waals surface area contributed by atoms with Crippen LogP contribution in [0.4, 0.5) is 0 Å². The molecular weight excluding hydrogens is 316 g/mol. The maximum Gasteiger partial charge on any atom is 0.129 e. The van der Waals surface area contributed by atoms with E-state index in [1.165, 1.54) is 11.1 Å². The van der Waals surface area contributed by atoms with E-state index in [-0.39, 0.29) is 0 Å². The molecule has 25 heavy (non-hydrogen) atoms. The van der Waals surface area contributed by atoms with Gasteiger partial charge in [0.2, 0.25) is 0 Å². The van der Waals surface area contributed by atoms with Crippen molar-refractivity contribution in [3.05, 3.63) is 59.5 Å². The topological polar surface area (TPSA) is 49.1 Å². The zero-order chi connectivity index (χ0) is 17.5. The fourth-order valence-electron chi connectivity index (χ4n) is 3.24. The summed E-state index contributed by atoms with van der Waals surface area (Å²) >= 11 is 0. The summed E-state index contributed by atoms with van der Waals surface area (Å²) in [7, 11) is 0. The molecule has 1 aromatic heterocycles. The number of aryl methyl sites for hydroxylation is 1. The zero-order valence-corrected chi connectivity index (χ0v) is 14.9. The van der Waals surface area contributed by atoms with Crippen LogP contribution in [0.5, 0.6) is 0 Å². The molecule has 2 heterocycles. The first-order valence-electron chi connectivity index (χ1n) is 8.97. The van der Waals surface area contributed by atoms with Gasteiger partial charge in [-0.1, -0.05) is 29.8 Å². The summed E-state index contributed by atoms with van der Waals surface area (Å²) in [6.45, 7) is 8.60. The number of hydrogen-bond acceptors (Lipinski definition) is 5. The Kier molecular flexibility index (Phi) is 6.64. The molecule has 1 fully saturated rings. The third-order valence-electron chi connectivity index (χ3n) is 4.56. The maximum absolute atomic E-state index is 10.2. The SMILES string of the molecule is Cc1cccc(CN2CCN(CC(O)COCc3ccco3)CC2)c1. The van der Waals surface area contributed by atoms with E-state index >= 15 is 0 Å². The number of β-amino-alcohol motifs (C(OH)–C–C–N with tert-alkyl or cyclic N) is 1. The van der Waals surface area contributed by atoms with Crippen LogP contribution in [0.3, 0.4) is 0 Å². The number of hydrogen-bond donors (Lipinski definition) is 1. The molecule has 0 radical (unpaired) electrons. The Hall–Kier alpha value is -1.66. The number of aliphatic hydroxyl groups excluding tert-OH is 1. The van der Waals surface area contributed by atoms with Gasteiger partial charge in [-0.05, 0) is 24.6 Å². The second-order valence-electron chi connectivity index (χ2n) is 6.81. The lowest BCUT2D eigenvalue weighted by Gasteiger charge is -2.35. The lowest BCUT2D eigenvalue weighted by molar-refractivity contribution is -0.00308. The molecule has 1 aliphatic rings. The van der Waals surface area contributed by atoms with Crippen LogP contribution in [0, 0.1) is 6.92 Å². The predicted octanol–water partition coefficient (Wildman–Crippen LogP) is 2.28. The van der Waals surface area contributed by atoms with Crippen molar-refractivity contribution in [1.82, 2.24) is 9.80 Å². The van der Waals surface area contributed by atoms with Crippen LogP contribution in [-0.4, -0.2) is 60.3 Å². The van der Waals surface area contributed by atoms with E-state index < -0.39 is 6.10 Å². The van der Waals surface area contributed by atoms with E-state index in [4.69, 9.17) is 9.15 Å². The van der Waals surface area contributed by atoms with E-state index in [1.807, 2.05) is 12.1 Å². The Morgan fingerprint density at radius 1 is 1.12 bits per heavy atom. The fraction of sp³-hybridized carbons (Fsp3) is 0.500. The van der Waals surface area contributed by atoms with Crippen LogP contribution in [0.2, 0.25) is 0 Å². The molecule has 5 heteroatoms. The number of aliphatic hydroxyl groups is 1. The van der Waals surface area contributed by atoms with E-state index in [1.54, 1.807) is 6.26 Å². The van der Waals surface area contributed by atoms with Crippen molar-refractivity contribution in [1.29, 1.82) is 0 Å². The summed E-state index contributed by atoms with van der Waals surface area (Å²) in [4.78, 5) is 4.79. The zero-order valence-electron chi connectivity index (χ0n) is 14.9. The van der Waals surface area contributed by atoms with Gasteiger partial charge in [-0.15, -0.1) is 0 Å². The number of ether oxygens (including phenoxy) is 1. The van der Waals surface area contributed by atoms with Crippen LogP contribution in [0.15, 0.2) is 47.1 Å². The molecular formula is C20H28N2O3. The highest BCUT2D eigenvalue weighted by molar-refractivity contribution is 5.22. The average Bonchev–Trinajstić information content (AvgIpc) is 3.10. The molecule has 0 spiro atoms. The predicted molar refractivity (Wildman–Crippen MR) is 97.3 cm³/mol. The molecule has 0 saturated carbocycles. The molecule has 1 unspecified atom stereocenters. The monoisotopic (exact) mass is 344 g/mol. The average molecular weight is 344 g/mol. The largest absolute Gasteiger partial charge is 0.467 e. The van der Waals surface area contributed by atoms with Crippen molar-refractivity contribution < 1.29 is 14.3 Å². The quantitative estimate of drug-likeness (QED) is 0.796. The molecule has 1 atom stereocenters. The van der Waals surface area contributed by atoms with Gasteiger partial charge in [0.1, 0.15) is 12.4 Å². The lowest BCUT2D eigenvalue weighted by Crippen LogP contribution is -2.48. The highest BCUT2D eigenvalue weighted by atomic mass is 16.5. The van der Waals surface area contributed by atoms with Gasteiger partial charge in [-0.2, -0.15) is 0 Å². The van der Waals surface area contributed by atoms with Crippen LogP contribution < -0.4 is 0 Å². The van der Waals surface area contributed by atoms with Crippen LogP contribution in [0.1, 0.15) is 16.9 Å². The standard InChI is InChI=1S/C20H28N2O3/c1-17-4-2-5-18(12-17)13-21-7-9-22(10-8-21)14-19(23)15-24-16-20-6-3-11-25-20/h2-6,11-12,19,23H,7-10,13-16H2,1H3. The third kappa shape index (κ3) is 5.97. The van der Waals surface area contributed by atoms with E-state index in [9.17, 15) is 5.11 Å². The van der Waals surface area contributed by atoms with E-state index in [0.717, 1.165) is 38.5 Å². The minimum Gasteiger partial charge on any atom is -0.467 e. The first kappa shape index (κ1) is 18.1. The van der Waals surface area contributed by atoms with Crippen molar-refractivity contribution in [2.75, 3.05) is 39.3 Å². The minimum absolute atomic E-state index is 0.338. The molecule has 136 valence electrons. The first-order valence-corrected chi connectivity index (χ1v) is 8.97. The van der Waals surface area contributed by atoms with Gasteiger partial charge in [0.25, 0.3) is 0 Å². The van der Waals surface area contributed by atoms with Gasteiger partial charge >= 0.3 is 0 Å². The second kappa shape index (κ2) is 9.15. The highest BCUT2D eigenvalue weighted by Crippen LogP contribution is 2.11. The van der Waals surface area contributed by atoms with Crippen molar-refractivity contribution in [2.24, 2.45) is 0 Å². The van der Waals surface area contributed by atoms with Gasteiger partial charge < -0.3 is 14.3 Å². The van der Waals surface area contributed by atoms with E-state index in [2.05, 4.69) is 41.0 Å². The van der Waals surface area contributed by atoms with E-state index in [0.29, 0.717) is 19.8 Å². The van der Waals surface area contributed by atoms with Crippen molar-refractivity contribution in [3.8, 4) is 0 Å². The summed E-state index contributed by atoms with van der Waals surface area (Å²) in [5, 5.41) is 10.2. The lowest BCUT2D eigenvalue weighted by atomic mass is 10.1. The molecule has 2 aromatic rings. The third-order valence-corrected chi connectivity index (χ3v) is 4.56. The van der Waals surface area contributed by atoms with Gasteiger partial charge in [0.05, 0.1) is 19.0 Å². The highest BCUT2D eigenvalue weighted by Gasteiger charge is 2.19. The van der Waals surface area contributed by atoms with Gasteiger partial charge in [0, 0.05) is 39.3 Å². The smallest absolute Gasteiger partial charge is 0.129 e. The summed E-state index contributed by atoms with van der Waals surface area (Å²) < 4.78 is 10.7. The Bertz CT molecular complexity index is 622. The minimum atomic E-state index is -0.460. The Morgan fingerprint density at radius 2 is 1.92 bits per heavy atom. The second-order valence-corrected chi connectivity index (χ2v) is 6.81. The van der Waals surface area contributed by atoms with Crippen molar-refractivity contribution >= 4 is 0 Å². The summed E-state index contributed by atoms with van der Waals surface area (Å²) in [6.07, 6.45) is 1.17. The van der Waals surface area contributed by atoms with Crippen LogP contribution in [-0.2, 0) is 17.9 Å². The Morgan fingerprint density at radius 3 is 2.64 bits per heavy atom. The van der Waals surface area contributed by atoms with Gasteiger partial charge in [-0.3, -0.25) is 9.80 Å². The molecule has 0 amide bonds. The molecule has 1 saturated heterocycles. The van der Waals surface area contributed by atoms with Crippen LogP contribution in [0.25, 0.3) is 0 Å². The molecule has 3 rings (SSSR count).